The molecule has 8 nitrogen and oxygen atoms in total. The van der Waals surface area contributed by atoms with Crippen LogP contribution in [-0.4, -0.2) is 40.7 Å². The van der Waals surface area contributed by atoms with E-state index in [1.165, 1.54) is 10.8 Å². The molecule has 8 heteroatoms. The van der Waals surface area contributed by atoms with Gasteiger partial charge in [-0.15, -0.1) is 4.91 Å². The number of nitroso groups, excluding NO2 is 1. The molecule has 0 N–H and O–H groups in total. The van der Waals surface area contributed by atoms with Crippen molar-refractivity contribution in [1.29, 1.82) is 0 Å². The largest absolute Gasteiger partial charge is 0.356 e. The second-order valence-corrected chi connectivity index (χ2v) is 4.66. The maximum absolute atomic E-state index is 12.3. The molecule has 0 radical (unpaired) electrons. The first-order valence-corrected chi connectivity index (χ1v) is 6.16. The van der Waals surface area contributed by atoms with Crippen molar-refractivity contribution < 1.29 is 14.3 Å². The predicted molar refractivity (Wildman–Crippen MR) is 66.2 cm³/mol. The highest BCUT2D eigenvalue weighted by molar-refractivity contribution is 5.97. The summed E-state index contributed by atoms with van der Waals surface area (Å²) in [5.41, 5.74) is -0.814. The zero-order chi connectivity index (χ0) is 14.3. The highest BCUT2D eigenvalue weighted by Crippen LogP contribution is 2.21. The monoisotopic (exact) mass is 277 g/mol. The standard InChI is InChI=1S/C12H11N3O5/c16-9-4-8-12(18)15-2-1-3-20-10(15)6-14(8)5-7(9)11(17)13-19/h4-5,10H,1-3,6H2. The number of fused-ring (bicyclic) bond motifs is 2. The fraction of sp³-hybridized carbons (Fsp3) is 0.417. The van der Waals surface area contributed by atoms with Crippen molar-refractivity contribution in [3.05, 3.63) is 38.7 Å². The van der Waals surface area contributed by atoms with Gasteiger partial charge in [0.1, 0.15) is 11.3 Å². The molecule has 2 aliphatic heterocycles. The lowest BCUT2D eigenvalue weighted by molar-refractivity contribution is -0.0917. The normalized spacial score (nSPS) is 21.1. The first kappa shape index (κ1) is 12.7. The van der Waals surface area contributed by atoms with Crippen LogP contribution < -0.4 is 5.43 Å². The van der Waals surface area contributed by atoms with E-state index >= 15 is 0 Å². The van der Waals surface area contributed by atoms with E-state index in [2.05, 4.69) is 5.18 Å². The summed E-state index contributed by atoms with van der Waals surface area (Å²) in [5.74, 6) is -1.44. The number of ether oxygens (including phenoxy) is 1. The van der Waals surface area contributed by atoms with E-state index in [1.54, 1.807) is 4.90 Å². The average molecular weight is 277 g/mol. The van der Waals surface area contributed by atoms with E-state index in [9.17, 15) is 19.3 Å². The Morgan fingerprint density at radius 3 is 2.95 bits per heavy atom. The van der Waals surface area contributed by atoms with Gasteiger partial charge in [-0.3, -0.25) is 14.4 Å². The molecule has 1 unspecified atom stereocenters. The zero-order valence-corrected chi connectivity index (χ0v) is 10.4. The van der Waals surface area contributed by atoms with Crippen molar-refractivity contribution in [2.24, 2.45) is 5.18 Å². The first-order chi connectivity index (χ1) is 9.61. The van der Waals surface area contributed by atoms with E-state index in [1.807, 2.05) is 0 Å². The molecule has 1 aromatic rings. The van der Waals surface area contributed by atoms with Crippen LogP contribution in [0, 0.1) is 4.91 Å². The fourth-order valence-electron chi connectivity index (χ4n) is 2.51. The molecule has 1 aromatic heterocycles. The number of aromatic nitrogens is 1. The Morgan fingerprint density at radius 1 is 1.40 bits per heavy atom. The number of carbonyl (C=O) groups is 2. The Labute approximate surface area is 112 Å². The highest BCUT2D eigenvalue weighted by atomic mass is 16.5. The molecule has 1 fully saturated rings. The van der Waals surface area contributed by atoms with Crippen LogP contribution in [-0.2, 0) is 11.3 Å². The molecule has 2 amide bonds. The van der Waals surface area contributed by atoms with Crippen LogP contribution >= 0.6 is 0 Å². The molecule has 104 valence electrons. The van der Waals surface area contributed by atoms with Crippen LogP contribution in [0.5, 0.6) is 0 Å². The number of hydrogen-bond donors (Lipinski definition) is 0. The third-order valence-corrected chi connectivity index (χ3v) is 3.48. The minimum atomic E-state index is -1.13. The number of carbonyl (C=O) groups excluding carboxylic acids is 2. The van der Waals surface area contributed by atoms with Crippen molar-refractivity contribution in [3.8, 4) is 0 Å². The van der Waals surface area contributed by atoms with Crippen LogP contribution in [0.2, 0.25) is 0 Å². The molecular weight excluding hydrogens is 266 g/mol. The third kappa shape index (κ3) is 1.85. The van der Waals surface area contributed by atoms with Crippen LogP contribution in [0.15, 0.2) is 22.2 Å². The molecule has 3 rings (SSSR count). The Bertz CT molecular complexity index is 666. The van der Waals surface area contributed by atoms with Crippen LogP contribution in [0.25, 0.3) is 0 Å². The molecule has 0 spiro atoms. The molecule has 2 aliphatic rings. The molecule has 0 aromatic carbocycles. The zero-order valence-electron chi connectivity index (χ0n) is 10.4. The second kappa shape index (κ2) is 4.64. The maximum Gasteiger partial charge on any atom is 0.322 e. The number of amides is 2. The minimum absolute atomic E-state index is 0.194. The van der Waals surface area contributed by atoms with Gasteiger partial charge in [0.25, 0.3) is 5.91 Å². The van der Waals surface area contributed by atoms with Gasteiger partial charge in [-0.2, -0.15) is 0 Å². The van der Waals surface area contributed by atoms with Crippen LogP contribution in [0.4, 0.5) is 0 Å². The van der Waals surface area contributed by atoms with Crippen molar-refractivity contribution in [3.63, 3.8) is 0 Å². The molecule has 0 aliphatic carbocycles. The predicted octanol–water partition coefficient (Wildman–Crippen LogP) is -0.0429. The van der Waals surface area contributed by atoms with Crippen molar-refractivity contribution in [2.45, 2.75) is 19.2 Å². The summed E-state index contributed by atoms with van der Waals surface area (Å²) in [6.07, 6.45) is 1.55. The van der Waals surface area contributed by atoms with E-state index < -0.39 is 17.6 Å². The summed E-state index contributed by atoms with van der Waals surface area (Å²) in [6, 6.07) is 1.07. The first-order valence-electron chi connectivity index (χ1n) is 6.16. The lowest BCUT2D eigenvalue weighted by Crippen LogP contribution is -2.53. The van der Waals surface area contributed by atoms with Gasteiger partial charge in [-0.1, -0.05) is 0 Å². The van der Waals surface area contributed by atoms with Gasteiger partial charge in [-0.05, 0) is 6.42 Å². The Hall–Kier alpha value is -2.35. The molecule has 0 saturated carbocycles. The Kier molecular flexibility index (Phi) is 2.94. The lowest BCUT2D eigenvalue weighted by Gasteiger charge is -2.40. The van der Waals surface area contributed by atoms with Gasteiger partial charge in [0.05, 0.1) is 13.2 Å². The second-order valence-electron chi connectivity index (χ2n) is 4.66. The minimum Gasteiger partial charge on any atom is -0.356 e. The summed E-state index contributed by atoms with van der Waals surface area (Å²) in [4.78, 5) is 47.1. The maximum atomic E-state index is 12.3. The quantitative estimate of drug-likeness (QED) is 0.671. The summed E-state index contributed by atoms with van der Waals surface area (Å²) in [5, 5.41) is 2.24. The Morgan fingerprint density at radius 2 is 2.20 bits per heavy atom. The molecule has 3 heterocycles. The van der Waals surface area contributed by atoms with Gasteiger partial charge in [0.2, 0.25) is 0 Å². The van der Waals surface area contributed by atoms with Crippen molar-refractivity contribution in [1.82, 2.24) is 9.47 Å². The van der Waals surface area contributed by atoms with Crippen LogP contribution in [0.1, 0.15) is 27.3 Å². The smallest absolute Gasteiger partial charge is 0.322 e. The van der Waals surface area contributed by atoms with E-state index in [0.29, 0.717) is 19.7 Å². The summed E-state index contributed by atoms with van der Waals surface area (Å²) < 4.78 is 6.97. The molecule has 1 atom stereocenters. The van der Waals surface area contributed by atoms with Gasteiger partial charge in [0.15, 0.2) is 11.7 Å². The fourth-order valence-corrected chi connectivity index (χ4v) is 2.51. The summed E-state index contributed by atoms with van der Waals surface area (Å²) in [6.45, 7) is 1.46. The molecule has 20 heavy (non-hydrogen) atoms. The molecule has 1 saturated heterocycles. The topological polar surface area (TPSA) is 98.0 Å². The Balaban J connectivity index is 2.09. The van der Waals surface area contributed by atoms with Gasteiger partial charge in [0, 0.05) is 24.0 Å². The third-order valence-electron chi connectivity index (χ3n) is 3.48. The molecular formula is C12H11N3O5. The number of rotatable bonds is 1. The SMILES string of the molecule is O=NC(=O)c1cn2c(cc1=O)C(=O)N1CCCOC1C2. The number of nitrogens with zero attached hydrogens (tertiary/aromatic N) is 3. The van der Waals surface area contributed by atoms with Gasteiger partial charge >= 0.3 is 5.91 Å². The van der Waals surface area contributed by atoms with E-state index in [4.69, 9.17) is 4.74 Å². The summed E-state index contributed by atoms with van der Waals surface area (Å²) in [7, 11) is 0. The average Bonchev–Trinajstić information content (AvgIpc) is 2.47. The van der Waals surface area contributed by atoms with Gasteiger partial charge in [-0.25, -0.2) is 0 Å². The summed E-state index contributed by atoms with van der Waals surface area (Å²) >= 11 is 0. The lowest BCUT2D eigenvalue weighted by atomic mass is 10.1. The van der Waals surface area contributed by atoms with Crippen molar-refractivity contribution in [2.75, 3.05) is 13.2 Å². The van der Waals surface area contributed by atoms with E-state index in [-0.39, 0.29) is 17.2 Å². The van der Waals surface area contributed by atoms with Gasteiger partial charge < -0.3 is 14.2 Å². The van der Waals surface area contributed by atoms with E-state index in [0.717, 1.165) is 12.5 Å². The van der Waals surface area contributed by atoms with Crippen molar-refractivity contribution >= 4 is 11.8 Å². The number of pyridine rings is 1. The molecule has 0 bridgehead atoms. The highest BCUT2D eigenvalue weighted by Gasteiger charge is 2.35. The number of hydrogen-bond acceptors (Lipinski definition) is 5. The van der Waals surface area contributed by atoms with Crippen LogP contribution in [0.3, 0.4) is 0 Å².